The topological polar surface area (TPSA) is 67.2 Å². The summed E-state index contributed by atoms with van der Waals surface area (Å²) in [5, 5.41) is 9.53. The van der Waals surface area contributed by atoms with Gasteiger partial charge in [-0.15, -0.1) is 0 Å². The first-order valence-corrected chi connectivity index (χ1v) is 11.4. The predicted octanol–water partition coefficient (Wildman–Crippen LogP) is 5.66. The zero-order valence-corrected chi connectivity index (χ0v) is 18.9. The molecule has 4 aromatic rings. The average molecular weight is 494 g/mol. The van der Waals surface area contributed by atoms with E-state index in [0.717, 1.165) is 44.1 Å². The van der Waals surface area contributed by atoms with Crippen molar-refractivity contribution in [1.82, 2.24) is 15.0 Å². The zero-order valence-electron chi connectivity index (χ0n) is 16.5. The van der Waals surface area contributed by atoms with Crippen molar-refractivity contribution in [2.45, 2.75) is 17.5 Å². The summed E-state index contributed by atoms with van der Waals surface area (Å²) in [6.07, 6.45) is 2.94. The SMILES string of the molecule is O=C(/C=C/c1ccc(CSc2nc3ccccc3n2Cc2cccc(Br)c2)cc1)NO. The van der Waals surface area contributed by atoms with Gasteiger partial charge in [0.1, 0.15) is 0 Å². The molecule has 0 aliphatic rings. The molecule has 0 atom stereocenters. The number of aromatic nitrogens is 2. The molecule has 1 aromatic heterocycles. The average Bonchev–Trinajstić information content (AvgIpc) is 3.14. The maximum atomic E-state index is 11.1. The van der Waals surface area contributed by atoms with Gasteiger partial charge in [0, 0.05) is 16.3 Å². The standard InChI is InChI=1S/C24H20BrN3O2S/c25-20-5-3-4-19(14-20)15-28-22-7-2-1-6-21(22)26-24(28)31-16-18-10-8-17(9-11-18)12-13-23(29)27-30/h1-14,30H,15-16H2,(H,27,29)/b13-12+. The summed E-state index contributed by atoms with van der Waals surface area (Å²) in [4.78, 5) is 16.0. The predicted molar refractivity (Wildman–Crippen MR) is 128 cm³/mol. The minimum absolute atomic E-state index is 0.552. The molecule has 1 amide bonds. The van der Waals surface area contributed by atoms with Crippen molar-refractivity contribution in [2.75, 3.05) is 0 Å². The highest BCUT2D eigenvalue weighted by atomic mass is 79.9. The van der Waals surface area contributed by atoms with Crippen molar-refractivity contribution in [3.05, 3.63) is 100 Å². The van der Waals surface area contributed by atoms with Crippen molar-refractivity contribution >= 4 is 50.7 Å². The summed E-state index contributed by atoms with van der Waals surface area (Å²) in [7, 11) is 0. The number of halogens is 1. The lowest BCUT2D eigenvalue weighted by Crippen LogP contribution is -2.14. The van der Waals surface area contributed by atoms with Gasteiger partial charge in [0.25, 0.3) is 5.91 Å². The summed E-state index contributed by atoms with van der Waals surface area (Å²) in [5.41, 5.74) is 6.95. The molecule has 4 rings (SSSR count). The van der Waals surface area contributed by atoms with Crippen LogP contribution in [0.5, 0.6) is 0 Å². The Bertz CT molecular complexity index is 1240. The third kappa shape index (κ3) is 5.44. The lowest BCUT2D eigenvalue weighted by Gasteiger charge is -2.10. The van der Waals surface area contributed by atoms with E-state index in [2.05, 4.69) is 38.7 Å². The van der Waals surface area contributed by atoms with Crippen LogP contribution in [0.4, 0.5) is 0 Å². The number of amides is 1. The molecule has 0 bridgehead atoms. The van der Waals surface area contributed by atoms with Gasteiger partial charge >= 0.3 is 0 Å². The van der Waals surface area contributed by atoms with E-state index in [0.29, 0.717) is 0 Å². The van der Waals surface area contributed by atoms with E-state index in [-0.39, 0.29) is 0 Å². The van der Waals surface area contributed by atoms with Crippen LogP contribution in [0.15, 0.2) is 88.5 Å². The van der Waals surface area contributed by atoms with Gasteiger partial charge in [0.05, 0.1) is 17.6 Å². The smallest absolute Gasteiger partial charge is 0.267 e. The van der Waals surface area contributed by atoms with E-state index in [4.69, 9.17) is 10.2 Å². The molecule has 1 heterocycles. The molecule has 0 saturated carbocycles. The number of para-hydroxylation sites is 2. The van der Waals surface area contributed by atoms with E-state index < -0.39 is 5.91 Å². The number of carbonyl (C=O) groups is 1. The second-order valence-electron chi connectivity index (χ2n) is 6.94. The Kier molecular flexibility index (Phi) is 6.86. The van der Waals surface area contributed by atoms with Gasteiger partial charge in [0.2, 0.25) is 0 Å². The fraction of sp³-hybridized carbons (Fsp3) is 0.0833. The summed E-state index contributed by atoms with van der Waals surface area (Å²) in [6.45, 7) is 0.749. The molecular weight excluding hydrogens is 474 g/mol. The number of thioether (sulfide) groups is 1. The first-order chi connectivity index (χ1) is 15.1. The maximum absolute atomic E-state index is 11.1. The van der Waals surface area contributed by atoms with Crippen LogP contribution in [0.25, 0.3) is 17.1 Å². The fourth-order valence-electron chi connectivity index (χ4n) is 3.22. The van der Waals surface area contributed by atoms with Gasteiger partial charge in [-0.25, -0.2) is 10.5 Å². The molecular formula is C24H20BrN3O2S. The Morgan fingerprint density at radius 2 is 1.87 bits per heavy atom. The number of fused-ring (bicyclic) bond motifs is 1. The lowest BCUT2D eigenvalue weighted by molar-refractivity contribution is -0.124. The van der Waals surface area contributed by atoms with Crippen molar-refractivity contribution in [2.24, 2.45) is 0 Å². The third-order valence-electron chi connectivity index (χ3n) is 4.73. The van der Waals surface area contributed by atoms with Crippen LogP contribution in [0.1, 0.15) is 16.7 Å². The summed E-state index contributed by atoms with van der Waals surface area (Å²) in [6, 6.07) is 24.5. The van der Waals surface area contributed by atoms with E-state index in [1.807, 2.05) is 54.6 Å². The van der Waals surface area contributed by atoms with Gasteiger partial charge in [-0.1, -0.05) is 76.2 Å². The second-order valence-corrected chi connectivity index (χ2v) is 8.80. The number of benzene rings is 3. The molecule has 0 saturated heterocycles. The molecule has 0 spiro atoms. The largest absolute Gasteiger partial charge is 0.314 e. The molecule has 2 N–H and O–H groups in total. The highest BCUT2D eigenvalue weighted by Gasteiger charge is 2.12. The first kappa shape index (κ1) is 21.4. The molecule has 0 aliphatic carbocycles. The van der Waals surface area contributed by atoms with E-state index >= 15 is 0 Å². The molecule has 0 fully saturated rings. The Morgan fingerprint density at radius 3 is 2.65 bits per heavy atom. The van der Waals surface area contributed by atoms with Crippen molar-refractivity contribution in [3.8, 4) is 0 Å². The Labute approximate surface area is 192 Å². The normalized spacial score (nSPS) is 11.3. The van der Waals surface area contributed by atoms with Crippen molar-refractivity contribution in [1.29, 1.82) is 0 Å². The van der Waals surface area contributed by atoms with Crippen LogP contribution in [-0.2, 0) is 17.1 Å². The first-order valence-electron chi connectivity index (χ1n) is 9.66. The van der Waals surface area contributed by atoms with Crippen LogP contribution in [0.2, 0.25) is 0 Å². The highest BCUT2D eigenvalue weighted by molar-refractivity contribution is 9.10. The number of hydroxylamine groups is 1. The molecule has 31 heavy (non-hydrogen) atoms. The second kappa shape index (κ2) is 9.96. The molecule has 5 nitrogen and oxygen atoms in total. The van der Waals surface area contributed by atoms with Crippen LogP contribution >= 0.6 is 27.7 Å². The van der Waals surface area contributed by atoms with E-state index in [9.17, 15) is 4.79 Å². The number of carbonyl (C=O) groups excluding carboxylic acids is 1. The van der Waals surface area contributed by atoms with Crippen LogP contribution < -0.4 is 5.48 Å². The Morgan fingerprint density at radius 1 is 1.06 bits per heavy atom. The van der Waals surface area contributed by atoms with Gasteiger partial charge in [-0.3, -0.25) is 10.0 Å². The Balaban J connectivity index is 1.53. The number of nitrogens with one attached hydrogen (secondary N) is 1. The summed E-state index contributed by atoms with van der Waals surface area (Å²) >= 11 is 5.26. The number of rotatable bonds is 7. The van der Waals surface area contributed by atoms with Gasteiger partial charge in [0.15, 0.2) is 5.16 Å². The summed E-state index contributed by atoms with van der Waals surface area (Å²) < 4.78 is 3.32. The zero-order chi connectivity index (χ0) is 21.6. The van der Waals surface area contributed by atoms with Crippen LogP contribution in [0, 0.1) is 0 Å². The number of hydrogen-bond acceptors (Lipinski definition) is 4. The van der Waals surface area contributed by atoms with Gasteiger partial charge < -0.3 is 4.57 Å². The molecule has 7 heteroatoms. The molecule has 0 unspecified atom stereocenters. The Hall–Kier alpha value is -2.87. The monoisotopic (exact) mass is 493 g/mol. The summed E-state index contributed by atoms with van der Waals surface area (Å²) in [5.74, 6) is 0.229. The van der Waals surface area contributed by atoms with Crippen molar-refractivity contribution < 1.29 is 10.0 Å². The quantitative estimate of drug-likeness (QED) is 0.151. The number of nitrogens with zero attached hydrogens (tertiary/aromatic N) is 2. The molecule has 156 valence electrons. The van der Waals surface area contributed by atoms with Crippen LogP contribution in [0.3, 0.4) is 0 Å². The minimum atomic E-state index is -0.552. The van der Waals surface area contributed by atoms with E-state index in [1.54, 1.807) is 23.3 Å². The minimum Gasteiger partial charge on any atom is -0.314 e. The molecule has 0 aliphatic heterocycles. The van der Waals surface area contributed by atoms with Crippen LogP contribution in [-0.4, -0.2) is 20.7 Å². The lowest BCUT2D eigenvalue weighted by atomic mass is 10.1. The van der Waals surface area contributed by atoms with Gasteiger partial charge in [-0.2, -0.15) is 0 Å². The molecule has 3 aromatic carbocycles. The number of hydrogen-bond donors (Lipinski definition) is 2. The maximum Gasteiger partial charge on any atom is 0.267 e. The van der Waals surface area contributed by atoms with Crippen molar-refractivity contribution in [3.63, 3.8) is 0 Å². The third-order valence-corrected chi connectivity index (χ3v) is 6.28. The van der Waals surface area contributed by atoms with E-state index in [1.165, 1.54) is 11.6 Å². The highest BCUT2D eigenvalue weighted by Crippen LogP contribution is 2.28. The fourth-order valence-corrected chi connectivity index (χ4v) is 4.63. The number of imidazole rings is 1. The van der Waals surface area contributed by atoms with Gasteiger partial charge in [-0.05, 0) is 47.0 Å². The molecule has 0 radical (unpaired) electrons.